The molecule has 6 heteroatoms. The standard InChI is InChI=1S/C19H22N2O4/c22-19(23)16-9-14-1-5-21(10-13-3-7-24-11-13)6-2-17(14)20-18(16)15-4-8-25-12-15/h4,8-9,12-13H,1-3,5-7,10-11H2,(H,22,23)/t13-/m0/s1. The minimum absolute atomic E-state index is 0.248. The van der Waals surface area contributed by atoms with Crippen LogP contribution in [-0.4, -0.2) is 53.8 Å². The van der Waals surface area contributed by atoms with Crippen LogP contribution in [0.3, 0.4) is 0 Å². The van der Waals surface area contributed by atoms with E-state index in [1.54, 1.807) is 24.7 Å². The van der Waals surface area contributed by atoms with Crippen molar-refractivity contribution >= 4 is 5.97 Å². The van der Waals surface area contributed by atoms with Gasteiger partial charge in [-0.25, -0.2) is 4.79 Å². The molecule has 0 unspecified atom stereocenters. The molecule has 0 spiro atoms. The van der Waals surface area contributed by atoms with E-state index in [0.717, 1.165) is 63.4 Å². The van der Waals surface area contributed by atoms with Gasteiger partial charge < -0.3 is 19.2 Å². The maximum Gasteiger partial charge on any atom is 0.337 e. The molecule has 132 valence electrons. The maximum absolute atomic E-state index is 11.7. The lowest BCUT2D eigenvalue weighted by molar-refractivity contribution is 0.0697. The van der Waals surface area contributed by atoms with Crippen LogP contribution in [0, 0.1) is 5.92 Å². The van der Waals surface area contributed by atoms with Gasteiger partial charge in [-0.1, -0.05) is 0 Å². The van der Waals surface area contributed by atoms with Crippen molar-refractivity contribution in [2.24, 2.45) is 5.92 Å². The van der Waals surface area contributed by atoms with Crippen LogP contribution in [0.25, 0.3) is 11.3 Å². The number of rotatable bonds is 4. The summed E-state index contributed by atoms with van der Waals surface area (Å²) in [6.07, 6.45) is 5.90. The van der Waals surface area contributed by atoms with Gasteiger partial charge in [0.15, 0.2) is 0 Å². The van der Waals surface area contributed by atoms with Crippen molar-refractivity contribution in [3.8, 4) is 11.3 Å². The fourth-order valence-electron chi connectivity index (χ4n) is 3.74. The zero-order chi connectivity index (χ0) is 17.2. The normalized spacial score (nSPS) is 21.0. The predicted octanol–water partition coefficient (Wildman–Crippen LogP) is 2.48. The van der Waals surface area contributed by atoms with Gasteiger partial charge in [0.25, 0.3) is 0 Å². The van der Waals surface area contributed by atoms with Crippen LogP contribution in [-0.2, 0) is 17.6 Å². The highest BCUT2D eigenvalue weighted by Crippen LogP contribution is 2.27. The number of furan rings is 1. The van der Waals surface area contributed by atoms with Crippen molar-refractivity contribution in [3.05, 3.63) is 41.5 Å². The SMILES string of the molecule is O=C(O)c1cc2c(nc1-c1ccoc1)CCN(C[C@@H]1CCOC1)CC2. The summed E-state index contributed by atoms with van der Waals surface area (Å²) < 4.78 is 10.6. The number of carboxylic acids is 1. The van der Waals surface area contributed by atoms with E-state index in [0.29, 0.717) is 17.2 Å². The van der Waals surface area contributed by atoms with Gasteiger partial charge in [0.05, 0.1) is 30.4 Å². The van der Waals surface area contributed by atoms with E-state index in [1.807, 2.05) is 0 Å². The van der Waals surface area contributed by atoms with Crippen molar-refractivity contribution < 1.29 is 19.1 Å². The maximum atomic E-state index is 11.7. The predicted molar refractivity (Wildman–Crippen MR) is 91.7 cm³/mol. The minimum Gasteiger partial charge on any atom is -0.478 e. The molecule has 0 radical (unpaired) electrons. The number of aromatic carboxylic acids is 1. The molecule has 2 aliphatic heterocycles. The third kappa shape index (κ3) is 3.45. The molecule has 2 aromatic rings. The fraction of sp³-hybridized carbons (Fsp3) is 0.474. The molecule has 4 rings (SSSR count). The first-order chi connectivity index (χ1) is 12.2. The van der Waals surface area contributed by atoms with Crippen LogP contribution in [0.1, 0.15) is 28.0 Å². The van der Waals surface area contributed by atoms with Crippen LogP contribution < -0.4 is 0 Å². The first kappa shape index (κ1) is 16.3. The molecule has 1 N–H and O–H groups in total. The van der Waals surface area contributed by atoms with Crippen molar-refractivity contribution in [3.63, 3.8) is 0 Å². The summed E-state index contributed by atoms with van der Waals surface area (Å²) in [5, 5.41) is 9.58. The van der Waals surface area contributed by atoms with Gasteiger partial charge in [-0.05, 0) is 36.5 Å². The number of hydrogen-bond donors (Lipinski definition) is 1. The zero-order valence-electron chi connectivity index (χ0n) is 14.1. The van der Waals surface area contributed by atoms with E-state index in [1.165, 1.54) is 0 Å². The fourth-order valence-corrected chi connectivity index (χ4v) is 3.74. The van der Waals surface area contributed by atoms with Gasteiger partial charge in [-0.2, -0.15) is 0 Å². The Labute approximate surface area is 146 Å². The quantitative estimate of drug-likeness (QED) is 0.920. The second-order valence-electron chi connectivity index (χ2n) is 6.84. The van der Waals surface area contributed by atoms with Crippen LogP contribution in [0.2, 0.25) is 0 Å². The van der Waals surface area contributed by atoms with E-state index in [-0.39, 0.29) is 5.56 Å². The van der Waals surface area contributed by atoms with Crippen molar-refractivity contribution in [1.82, 2.24) is 9.88 Å². The number of carboxylic acid groups (broad SMARTS) is 1. The smallest absolute Gasteiger partial charge is 0.337 e. The van der Waals surface area contributed by atoms with Gasteiger partial charge in [-0.15, -0.1) is 0 Å². The summed E-state index contributed by atoms with van der Waals surface area (Å²) >= 11 is 0. The summed E-state index contributed by atoms with van der Waals surface area (Å²) in [5.41, 5.74) is 3.51. The Hall–Kier alpha value is -2.18. The molecular formula is C19H22N2O4. The molecule has 2 aliphatic rings. The first-order valence-electron chi connectivity index (χ1n) is 8.79. The number of nitrogens with zero attached hydrogens (tertiary/aromatic N) is 2. The van der Waals surface area contributed by atoms with Crippen molar-refractivity contribution in [2.75, 3.05) is 32.8 Å². The molecule has 1 fully saturated rings. The number of carbonyl (C=O) groups is 1. The highest BCUT2D eigenvalue weighted by Gasteiger charge is 2.24. The third-order valence-corrected chi connectivity index (χ3v) is 5.12. The van der Waals surface area contributed by atoms with E-state index >= 15 is 0 Å². The summed E-state index contributed by atoms with van der Waals surface area (Å²) in [4.78, 5) is 18.9. The molecule has 1 atom stereocenters. The van der Waals surface area contributed by atoms with Crippen LogP contribution >= 0.6 is 0 Å². The van der Waals surface area contributed by atoms with E-state index in [2.05, 4.69) is 4.90 Å². The Morgan fingerprint density at radius 2 is 2.24 bits per heavy atom. The Kier molecular flexibility index (Phi) is 4.55. The molecule has 0 aliphatic carbocycles. The van der Waals surface area contributed by atoms with E-state index in [4.69, 9.17) is 14.1 Å². The lowest BCUT2D eigenvalue weighted by atomic mass is 10.0. The molecule has 6 nitrogen and oxygen atoms in total. The lowest BCUT2D eigenvalue weighted by Gasteiger charge is -2.22. The highest BCUT2D eigenvalue weighted by atomic mass is 16.5. The van der Waals surface area contributed by atoms with Crippen molar-refractivity contribution in [1.29, 1.82) is 0 Å². The Morgan fingerprint density at radius 1 is 1.36 bits per heavy atom. The molecule has 0 bridgehead atoms. The Bertz CT molecular complexity index is 751. The van der Waals surface area contributed by atoms with Crippen LogP contribution in [0.15, 0.2) is 29.1 Å². The molecule has 0 amide bonds. The summed E-state index contributed by atoms with van der Waals surface area (Å²) in [6.45, 7) is 4.67. The van der Waals surface area contributed by atoms with Crippen molar-refractivity contribution in [2.45, 2.75) is 19.3 Å². The molecule has 4 heterocycles. The zero-order valence-corrected chi connectivity index (χ0v) is 14.1. The number of fused-ring (bicyclic) bond motifs is 1. The van der Waals surface area contributed by atoms with E-state index in [9.17, 15) is 9.90 Å². The second-order valence-corrected chi connectivity index (χ2v) is 6.84. The second kappa shape index (κ2) is 6.98. The number of hydrogen-bond acceptors (Lipinski definition) is 5. The van der Waals surface area contributed by atoms with Gasteiger partial charge in [0.2, 0.25) is 0 Å². The highest BCUT2D eigenvalue weighted by molar-refractivity contribution is 5.95. The molecule has 2 aromatic heterocycles. The average molecular weight is 342 g/mol. The molecule has 25 heavy (non-hydrogen) atoms. The third-order valence-electron chi connectivity index (χ3n) is 5.12. The average Bonchev–Trinajstić information content (AvgIpc) is 3.27. The number of pyridine rings is 1. The van der Waals surface area contributed by atoms with Gasteiger partial charge in [0, 0.05) is 43.9 Å². The van der Waals surface area contributed by atoms with Gasteiger partial charge >= 0.3 is 5.97 Å². The molecule has 1 saturated heterocycles. The monoisotopic (exact) mass is 342 g/mol. The summed E-state index contributed by atoms with van der Waals surface area (Å²) in [7, 11) is 0. The Morgan fingerprint density at radius 3 is 2.96 bits per heavy atom. The molecule has 0 saturated carbocycles. The van der Waals surface area contributed by atoms with Crippen LogP contribution in [0.5, 0.6) is 0 Å². The lowest BCUT2D eigenvalue weighted by Crippen LogP contribution is -2.32. The largest absolute Gasteiger partial charge is 0.478 e. The molecule has 0 aromatic carbocycles. The number of aromatic nitrogens is 1. The first-order valence-corrected chi connectivity index (χ1v) is 8.79. The van der Waals surface area contributed by atoms with Crippen LogP contribution in [0.4, 0.5) is 0 Å². The summed E-state index contributed by atoms with van der Waals surface area (Å²) in [6, 6.07) is 3.56. The van der Waals surface area contributed by atoms with E-state index < -0.39 is 5.97 Å². The number of ether oxygens (including phenoxy) is 1. The topological polar surface area (TPSA) is 75.8 Å². The molecular weight excluding hydrogens is 320 g/mol. The minimum atomic E-state index is -0.948. The van der Waals surface area contributed by atoms with Gasteiger partial charge in [0.1, 0.15) is 0 Å². The Balaban J connectivity index is 1.58. The summed E-state index contributed by atoms with van der Waals surface area (Å²) in [5.74, 6) is -0.332. The van der Waals surface area contributed by atoms with Gasteiger partial charge in [-0.3, -0.25) is 4.98 Å².